The zero-order valence-electron chi connectivity index (χ0n) is 16.6. The second kappa shape index (κ2) is 12.7. The zero-order valence-corrected chi connectivity index (χ0v) is 18.2. The second-order valence-corrected chi connectivity index (χ2v) is 7.82. The van der Waals surface area contributed by atoms with E-state index in [4.69, 9.17) is 10.5 Å². The number of ether oxygens (including phenoxy) is 1. The molecule has 0 spiro atoms. The molecule has 160 valence electrons. The van der Waals surface area contributed by atoms with Gasteiger partial charge in [0.05, 0.1) is 19.3 Å². The predicted molar refractivity (Wildman–Crippen MR) is 118 cm³/mol. The minimum Gasteiger partial charge on any atom is -0.379 e. The first-order valence-corrected chi connectivity index (χ1v) is 10.1. The summed E-state index contributed by atoms with van der Waals surface area (Å²) in [5.41, 5.74) is 7.32. The minimum absolute atomic E-state index is 0. The number of nitrogens with two attached hydrogens (primary N) is 1. The summed E-state index contributed by atoms with van der Waals surface area (Å²) in [7, 11) is 0. The van der Waals surface area contributed by atoms with Gasteiger partial charge in [0, 0.05) is 26.1 Å². The van der Waals surface area contributed by atoms with Crippen molar-refractivity contribution < 1.29 is 9.53 Å². The Morgan fingerprint density at radius 1 is 1.11 bits per heavy atom. The van der Waals surface area contributed by atoms with Crippen LogP contribution in [0.5, 0.6) is 0 Å². The molecule has 1 atom stereocenters. The van der Waals surface area contributed by atoms with Gasteiger partial charge in [-0.1, -0.05) is 49.6 Å². The van der Waals surface area contributed by atoms with E-state index in [-0.39, 0.29) is 42.2 Å². The molecule has 5 nitrogen and oxygen atoms in total. The van der Waals surface area contributed by atoms with Gasteiger partial charge in [0.25, 0.3) is 0 Å². The fraction of sp³-hybridized carbons (Fsp3) is 0.667. The third kappa shape index (κ3) is 6.89. The van der Waals surface area contributed by atoms with Crippen LogP contribution in [0.15, 0.2) is 30.3 Å². The molecule has 28 heavy (non-hydrogen) atoms. The Hall–Kier alpha value is -0.850. The molecule has 1 unspecified atom stereocenters. The Morgan fingerprint density at radius 2 is 1.75 bits per heavy atom. The van der Waals surface area contributed by atoms with Crippen LogP contribution in [0.4, 0.5) is 0 Å². The van der Waals surface area contributed by atoms with Gasteiger partial charge in [-0.2, -0.15) is 0 Å². The van der Waals surface area contributed by atoms with Gasteiger partial charge in [0.1, 0.15) is 0 Å². The van der Waals surface area contributed by atoms with Crippen molar-refractivity contribution >= 4 is 30.7 Å². The van der Waals surface area contributed by atoms with E-state index in [0.717, 1.165) is 39.1 Å². The first kappa shape index (κ1) is 25.2. The molecule has 7 heteroatoms. The minimum atomic E-state index is 0. The van der Waals surface area contributed by atoms with Crippen molar-refractivity contribution in [2.45, 2.75) is 44.6 Å². The smallest absolute Gasteiger partial charge is 0.220 e. The largest absolute Gasteiger partial charge is 0.379 e. The Kier molecular flexibility index (Phi) is 11.4. The van der Waals surface area contributed by atoms with Gasteiger partial charge in [-0.25, -0.2) is 0 Å². The number of hydrogen-bond acceptors (Lipinski definition) is 4. The van der Waals surface area contributed by atoms with Crippen LogP contribution in [0.2, 0.25) is 0 Å². The van der Waals surface area contributed by atoms with Gasteiger partial charge >= 0.3 is 0 Å². The summed E-state index contributed by atoms with van der Waals surface area (Å²) in [6.45, 7) is 4.58. The van der Waals surface area contributed by atoms with Crippen molar-refractivity contribution in [3.05, 3.63) is 35.9 Å². The summed E-state index contributed by atoms with van der Waals surface area (Å²) in [5, 5.41) is 3.21. The predicted octanol–water partition coefficient (Wildman–Crippen LogP) is 3.32. The van der Waals surface area contributed by atoms with E-state index in [1.807, 2.05) is 6.07 Å². The number of halogens is 2. The first-order valence-electron chi connectivity index (χ1n) is 10.1. The highest BCUT2D eigenvalue weighted by Gasteiger charge is 2.33. The summed E-state index contributed by atoms with van der Waals surface area (Å²) >= 11 is 0. The topological polar surface area (TPSA) is 67.6 Å². The summed E-state index contributed by atoms with van der Waals surface area (Å²) in [6, 6.07) is 10.7. The highest BCUT2D eigenvalue weighted by atomic mass is 35.5. The first-order chi connectivity index (χ1) is 12.7. The van der Waals surface area contributed by atoms with Gasteiger partial charge in [0.2, 0.25) is 5.91 Å². The fourth-order valence-electron chi connectivity index (χ4n) is 4.39. The third-order valence-electron chi connectivity index (χ3n) is 6.05. The number of carbonyl (C=O) groups is 1. The maximum absolute atomic E-state index is 12.7. The molecular weight excluding hydrogens is 397 g/mol. The number of amides is 1. The van der Waals surface area contributed by atoms with E-state index in [9.17, 15) is 4.79 Å². The SMILES string of the molecule is Cl.Cl.NCC1(CC(=O)NCC(c2ccccc2)N2CCOCC2)CCCCC1. The van der Waals surface area contributed by atoms with E-state index in [1.165, 1.54) is 24.8 Å². The van der Waals surface area contributed by atoms with E-state index >= 15 is 0 Å². The molecule has 1 amide bonds. The Labute approximate surface area is 181 Å². The van der Waals surface area contributed by atoms with Crippen LogP contribution in [0, 0.1) is 5.41 Å². The van der Waals surface area contributed by atoms with Crippen LogP contribution in [0.1, 0.15) is 50.1 Å². The Balaban J connectivity index is 0.00000196. The van der Waals surface area contributed by atoms with Gasteiger partial charge in [-0.15, -0.1) is 24.8 Å². The molecule has 0 aromatic heterocycles. The van der Waals surface area contributed by atoms with E-state index in [2.05, 4.69) is 34.5 Å². The molecule has 1 aliphatic carbocycles. The number of nitrogens with zero attached hydrogens (tertiary/aromatic N) is 1. The number of benzene rings is 1. The van der Waals surface area contributed by atoms with Crippen LogP contribution in [-0.2, 0) is 9.53 Å². The van der Waals surface area contributed by atoms with E-state index < -0.39 is 0 Å². The van der Waals surface area contributed by atoms with Crippen LogP contribution in [-0.4, -0.2) is 50.2 Å². The molecule has 1 saturated heterocycles. The molecule has 3 rings (SSSR count). The molecule has 1 saturated carbocycles. The molecule has 2 aliphatic rings. The monoisotopic (exact) mass is 431 g/mol. The highest BCUT2D eigenvalue weighted by molar-refractivity contribution is 5.85. The maximum atomic E-state index is 12.7. The summed E-state index contributed by atoms with van der Waals surface area (Å²) in [6.07, 6.45) is 6.41. The van der Waals surface area contributed by atoms with Crippen molar-refractivity contribution in [2.75, 3.05) is 39.4 Å². The van der Waals surface area contributed by atoms with Gasteiger partial charge in [-0.3, -0.25) is 9.69 Å². The van der Waals surface area contributed by atoms with Gasteiger partial charge in [-0.05, 0) is 30.4 Å². The van der Waals surface area contributed by atoms with Crippen molar-refractivity contribution in [1.82, 2.24) is 10.2 Å². The average molecular weight is 432 g/mol. The molecule has 0 bridgehead atoms. The number of rotatable bonds is 7. The van der Waals surface area contributed by atoms with Crippen LogP contribution < -0.4 is 11.1 Å². The Bertz CT molecular complexity index is 562. The maximum Gasteiger partial charge on any atom is 0.220 e. The lowest BCUT2D eigenvalue weighted by Crippen LogP contribution is -2.45. The van der Waals surface area contributed by atoms with Crippen molar-refractivity contribution in [3.8, 4) is 0 Å². The molecule has 3 N–H and O–H groups in total. The average Bonchev–Trinajstić information content (AvgIpc) is 2.70. The van der Waals surface area contributed by atoms with Crippen molar-refractivity contribution in [3.63, 3.8) is 0 Å². The van der Waals surface area contributed by atoms with E-state index in [1.54, 1.807) is 0 Å². The molecule has 1 aliphatic heterocycles. The summed E-state index contributed by atoms with van der Waals surface area (Å²) in [4.78, 5) is 15.1. The summed E-state index contributed by atoms with van der Waals surface area (Å²) in [5.74, 6) is 0.145. The summed E-state index contributed by atoms with van der Waals surface area (Å²) < 4.78 is 5.50. The quantitative estimate of drug-likeness (QED) is 0.694. The Morgan fingerprint density at radius 3 is 2.36 bits per heavy atom. The molecular formula is C21H35Cl2N3O2. The van der Waals surface area contributed by atoms with Crippen molar-refractivity contribution in [2.24, 2.45) is 11.1 Å². The number of carbonyl (C=O) groups excluding carboxylic acids is 1. The molecule has 2 fully saturated rings. The second-order valence-electron chi connectivity index (χ2n) is 7.82. The highest BCUT2D eigenvalue weighted by Crippen LogP contribution is 2.38. The molecule has 1 aromatic rings. The molecule has 1 aromatic carbocycles. The number of nitrogens with one attached hydrogen (secondary N) is 1. The lowest BCUT2D eigenvalue weighted by molar-refractivity contribution is -0.124. The van der Waals surface area contributed by atoms with E-state index in [0.29, 0.717) is 19.5 Å². The molecule has 0 radical (unpaired) electrons. The third-order valence-corrected chi connectivity index (χ3v) is 6.05. The van der Waals surface area contributed by atoms with Crippen LogP contribution in [0.3, 0.4) is 0 Å². The van der Waals surface area contributed by atoms with Crippen molar-refractivity contribution in [1.29, 1.82) is 0 Å². The fourth-order valence-corrected chi connectivity index (χ4v) is 4.39. The van der Waals surface area contributed by atoms with Gasteiger partial charge < -0.3 is 15.8 Å². The number of morpholine rings is 1. The van der Waals surface area contributed by atoms with Gasteiger partial charge in [0.15, 0.2) is 0 Å². The lowest BCUT2D eigenvalue weighted by Gasteiger charge is -2.37. The van der Waals surface area contributed by atoms with Crippen LogP contribution >= 0.6 is 24.8 Å². The number of hydrogen-bond donors (Lipinski definition) is 2. The molecule has 1 heterocycles. The zero-order chi connectivity index (χ0) is 18.2. The lowest BCUT2D eigenvalue weighted by atomic mass is 9.71. The normalized spacial score (nSPS) is 20.3. The van der Waals surface area contributed by atoms with Crippen LogP contribution in [0.25, 0.3) is 0 Å². The standard InChI is InChI=1S/C21H33N3O2.2ClH/c22-17-21(9-5-2-6-10-21)15-20(25)23-16-19(18-7-3-1-4-8-18)24-11-13-26-14-12-24;;/h1,3-4,7-8,19H,2,5-6,9-17,22H2,(H,23,25);2*1H.